The summed E-state index contributed by atoms with van der Waals surface area (Å²) >= 11 is 0. The molecule has 1 saturated heterocycles. The van der Waals surface area contributed by atoms with Gasteiger partial charge in [0, 0.05) is 49.7 Å². The number of carbonyl (C=O) groups excluding carboxylic acids is 1. The molecule has 3 aromatic rings. The van der Waals surface area contributed by atoms with E-state index in [-0.39, 0.29) is 11.3 Å². The van der Waals surface area contributed by atoms with E-state index in [1.54, 1.807) is 11.6 Å². The second kappa shape index (κ2) is 7.11. The number of Topliss-reactive ketones (excluding diaryl/α,β-unsaturated/α-hetero) is 1. The van der Waals surface area contributed by atoms with Crippen LogP contribution in [0.5, 0.6) is 0 Å². The summed E-state index contributed by atoms with van der Waals surface area (Å²) in [6, 6.07) is 8.24. The molecule has 0 N–H and O–H groups in total. The number of pyridine rings is 1. The van der Waals surface area contributed by atoms with Crippen LogP contribution in [0.1, 0.15) is 36.8 Å². The van der Waals surface area contributed by atoms with Gasteiger partial charge in [-0.25, -0.2) is 4.98 Å². The molecule has 1 aliphatic heterocycles. The van der Waals surface area contributed by atoms with Gasteiger partial charge in [0.2, 0.25) is 0 Å². The SMILES string of the molecule is CC(=O)c1cc(-c2cnn(C)c2)c2ccc(CN3CCOCC3(C)C)cc2n1. The first-order chi connectivity index (χ1) is 13.3. The number of aromatic nitrogens is 3. The lowest BCUT2D eigenvalue weighted by Crippen LogP contribution is -2.52. The Morgan fingerprint density at radius 2 is 2.11 bits per heavy atom. The minimum atomic E-state index is -0.0354. The molecule has 4 rings (SSSR count). The van der Waals surface area contributed by atoms with Crippen LogP contribution in [0, 0.1) is 0 Å². The standard InChI is InChI=1S/C22H26N4O2/c1-15(27)20-10-19(17-11-23-25(4)13-17)18-6-5-16(9-21(18)24-20)12-26-7-8-28-14-22(26,2)3/h5-6,9-11,13H,7-8,12,14H2,1-4H3. The van der Waals surface area contributed by atoms with Crippen LogP contribution in [0.4, 0.5) is 0 Å². The van der Waals surface area contributed by atoms with Gasteiger partial charge < -0.3 is 4.74 Å². The molecule has 0 spiro atoms. The van der Waals surface area contributed by atoms with Crippen molar-refractivity contribution in [1.82, 2.24) is 19.7 Å². The van der Waals surface area contributed by atoms with E-state index in [2.05, 4.69) is 47.0 Å². The zero-order valence-electron chi connectivity index (χ0n) is 16.9. The first-order valence-electron chi connectivity index (χ1n) is 9.60. The maximum atomic E-state index is 12.1. The summed E-state index contributed by atoms with van der Waals surface area (Å²) in [7, 11) is 1.89. The molecular formula is C22H26N4O2. The van der Waals surface area contributed by atoms with Gasteiger partial charge in [0.1, 0.15) is 5.69 Å². The molecule has 2 aromatic heterocycles. The minimum Gasteiger partial charge on any atom is -0.378 e. The van der Waals surface area contributed by atoms with Crippen LogP contribution in [-0.2, 0) is 18.3 Å². The lowest BCUT2D eigenvalue weighted by molar-refractivity contribution is -0.0552. The predicted molar refractivity (Wildman–Crippen MR) is 109 cm³/mol. The van der Waals surface area contributed by atoms with Crippen molar-refractivity contribution >= 4 is 16.7 Å². The second-order valence-electron chi connectivity index (χ2n) is 8.15. The summed E-state index contributed by atoms with van der Waals surface area (Å²) in [5, 5.41) is 5.31. The van der Waals surface area contributed by atoms with Gasteiger partial charge in [-0.15, -0.1) is 0 Å². The van der Waals surface area contributed by atoms with Crippen molar-refractivity contribution in [3.8, 4) is 11.1 Å². The van der Waals surface area contributed by atoms with Crippen LogP contribution < -0.4 is 0 Å². The molecule has 28 heavy (non-hydrogen) atoms. The molecule has 1 aromatic carbocycles. The average molecular weight is 378 g/mol. The third-order valence-corrected chi connectivity index (χ3v) is 5.44. The first-order valence-corrected chi connectivity index (χ1v) is 9.60. The van der Waals surface area contributed by atoms with Gasteiger partial charge in [-0.2, -0.15) is 5.10 Å². The van der Waals surface area contributed by atoms with E-state index in [4.69, 9.17) is 4.74 Å². The van der Waals surface area contributed by atoms with Crippen molar-refractivity contribution in [3.05, 3.63) is 47.9 Å². The van der Waals surface area contributed by atoms with Gasteiger partial charge >= 0.3 is 0 Å². The summed E-state index contributed by atoms with van der Waals surface area (Å²) in [6.45, 7) is 9.21. The summed E-state index contributed by atoms with van der Waals surface area (Å²) in [4.78, 5) is 19.1. The Morgan fingerprint density at radius 1 is 1.29 bits per heavy atom. The van der Waals surface area contributed by atoms with Crippen LogP contribution in [0.2, 0.25) is 0 Å². The normalized spacial score (nSPS) is 17.1. The van der Waals surface area contributed by atoms with Crippen LogP contribution in [0.25, 0.3) is 22.0 Å². The second-order valence-corrected chi connectivity index (χ2v) is 8.15. The zero-order valence-corrected chi connectivity index (χ0v) is 16.9. The Kier molecular flexibility index (Phi) is 4.77. The van der Waals surface area contributed by atoms with Gasteiger partial charge in [0.25, 0.3) is 0 Å². The van der Waals surface area contributed by atoms with E-state index in [0.717, 1.165) is 48.3 Å². The number of carbonyl (C=O) groups is 1. The maximum Gasteiger partial charge on any atom is 0.178 e. The highest BCUT2D eigenvalue weighted by Gasteiger charge is 2.30. The number of nitrogens with zero attached hydrogens (tertiary/aromatic N) is 4. The molecule has 0 bridgehead atoms. The fraction of sp³-hybridized carbons (Fsp3) is 0.409. The van der Waals surface area contributed by atoms with Gasteiger partial charge in [0.05, 0.1) is 24.9 Å². The molecule has 6 heteroatoms. The molecule has 1 aliphatic rings. The quantitative estimate of drug-likeness (QED) is 0.651. The Morgan fingerprint density at radius 3 is 2.79 bits per heavy atom. The lowest BCUT2D eigenvalue weighted by Gasteiger charge is -2.42. The fourth-order valence-corrected chi connectivity index (χ4v) is 3.76. The van der Waals surface area contributed by atoms with Crippen molar-refractivity contribution in [2.75, 3.05) is 19.8 Å². The highest BCUT2D eigenvalue weighted by atomic mass is 16.5. The summed E-state index contributed by atoms with van der Waals surface area (Å²) in [5.41, 5.74) is 4.49. The van der Waals surface area contributed by atoms with Gasteiger partial charge in [-0.05, 0) is 37.1 Å². The van der Waals surface area contributed by atoms with Gasteiger partial charge in [-0.1, -0.05) is 12.1 Å². The Labute approximate surface area is 165 Å². The topological polar surface area (TPSA) is 60.2 Å². The molecule has 146 valence electrons. The molecule has 1 fully saturated rings. The molecule has 0 aliphatic carbocycles. The zero-order chi connectivity index (χ0) is 19.9. The van der Waals surface area contributed by atoms with Crippen LogP contribution >= 0.6 is 0 Å². The highest BCUT2D eigenvalue weighted by Crippen LogP contribution is 2.30. The van der Waals surface area contributed by atoms with Crippen molar-refractivity contribution < 1.29 is 9.53 Å². The first kappa shape index (κ1) is 18.8. The lowest BCUT2D eigenvalue weighted by atomic mass is 9.98. The molecule has 0 radical (unpaired) electrons. The minimum absolute atomic E-state index is 0.00272. The smallest absolute Gasteiger partial charge is 0.178 e. The Hall–Kier alpha value is -2.57. The van der Waals surface area contributed by atoms with E-state index in [9.17, 15) is 4.79 Å². The number of ether oxygens (including phenoxy) is 1. The van der Waals surface area contributed by atoms with Crippen molar-refractivity contribution in [1.29, 1.82) is 0 Å². The number of morpholine rings is 1. The van der Waals surface area contributed by atoms with E-state index in [1.165, 1.54) is 5.56 Å². The number of hydrogen-bond donors (Lipinski definition) is 0. The number of benzene rings is 1. The van der Waals surface area contributed by atoms with Crippen LogP contribution in [-0.4, -0.2) is 50.7 Å². The predicted octanol–water partition coefficient (Wildman–Crippen LogP) is 3.45. The Balaban J connectivity index is 1.77. The number of ketones is 1. The molecular weight excluding hydrogens is 352 g/mol. The summed E-state index contributed by atoms with van der Waals surface area (Å²) in [6.07, 6.45) is 3.78. The molecule has 3 heterocycles. The largest absolute Gasteiger partial charge is 0.378 e. The summed E-state index contributed by atoms with van der Waals surface area (Å²) in [5.74, 6) is -0.0354. The molecule has 6 nitrogen and oxygen atoms in total. The van der Waals surface area contributed by atoms with E-state index < -0.39 is 0 Å². The van der Waals surface area contributed by atoms with Gasteiger partial charge in [-0.3, -0.25) is 14.4 Å². The van der Waals surface area contributed by atoms with Crippen molar-refractivity contribution in [2.24, 2.45) is 7.05 Å². The van der Waals surface area contributed by atoms with Crippen LogP contribution in [0.15, 0.2) is 36.7 Å². The average Bonchev–Trinajstić information content (AvgIpc) is 3.08. The van der Waals surface area contributed by atoms with Crippen LogP contribution in [0.3, 0.4) is 0 Å². The molecule has 0 amide bonds. The number of fused-ring (bicyclic) bond motifs is 1. The third kappa shape index (κ3) is 3.57. The Bertz CT molecular complexity index is 1040. The number of rotatable bonds is 4. The summed E-state index contributed by atoms with van der Waals surface area (Å²) < 4.78 is 7.40. The van der Waals surface area contributed by atoms with E-state index >= 15 is 0 Å². The highest BCUT2D eigenvalue weighted by molar-refractivity contribution is 6.01. The molecule has 0 saturated carbocycles. The third-order valence-electron chi connectivity index (χ3n) is 5.44. The molecule has 0 unspecified atom stereocenters. The molecule has 0 atom stereocenters. The van der Waals surface area contributed by atoms with E-state index in [0.29, 0.717) is 5.69 Å². The van der Waals surface area contributed by atoms with Crippen molar-refractivity contribution in [2.45, 2.75) is 32.9 Å². The fourth-order valence-electron chi connectivity index (χ4n) is 3.76. The number of hydrogen-bond acceptors (Lipinski definition) is 5. The van der Waals surface area contributed by atoms with Gasteiger partial charge in [0.15, 0.2) is 5.78 Å². The van der Waals surface area contributed by atoms with Crippen molar-refractivity contribution in [3.63, 3.8) is 0 Å². The number of aryl methyl sites for hydroxylation is 1. The maximum absolute atomic E-state index is 12.1. The van der Waals surface area contributed by atoms with E-state index in [1.807, 2.05) is 25.5 Å². The monoisotopic (exact) mass is 378 g/mol.